The van der Waals surface area contributed by atoms with Crippen molar-refractivity contribution in [3.05, 3.63) is 90.0 Å². The van der Waals surface area contributed by atoms with Gasteiger partial charge in [0.2, 0.25) is 6.10 Å². The van der Waals surface area contributed by atoms with E-state index in [4.69, 9.17) is 14.2 Å². The first-order valence-electron chi connectivity index (χ1n) is 11.4. The van der Waals surface area contributed by atoms with E-state index in [0.29, 0.717) is 49.8 Å². The van der Waals surface area contributed by atoms with Gasteiger partial charge >= 0.3 is 0 Å². The third-order valence-corrected chi connectivity index (χ3v) is 6.01. The number of nitrogens with zero attached hydrogens (tertiary/aromatic N) is 2. The number of ether oxygens (including phenoxy) is 3. The van der Waals surface area contributed by atoms with Gasteiger partial charge < -0.3 is 24.0 Å². The fourth-order valence-corrected chi connectivity index (χ4v) is 4.08. The number of hydrogen-bond acceptors (Lipinski definition) is 5. The molecule has 2 amide bonds. The molecule has 7 nitrogen and oxygen atoms in total. The van der Waals surface area contributed by atoms with Gasteiger partial charge in [-0.2, -0.15) is 0 Å². The molecule has 0 aliphatic carbocycles. The molecule has 174 valence electrons. The van der Waals surface area contributed by atoms with E-state index in [1.807, 2.05) is 72.8 Å². The first kappa shape index (κ1) is 21.8. The van der Waals surface area contributed by atoms with E-state index in [9.17, 15) is 9.59 Å². The molecular formula is C27H26N2O5. The largest absolute Gasteiger partial charge is 0.489 e. The lowest BCUT2D eigenvalue weighted by atomic mass is 10.1. The highest BCUT2D eigenvalue weighted by Crippen LogP contribution is 2.31. The molecule has 0 radical (unpaired) electrons. The minimum absolute atomic E-state index is 0.0335. The van der Waals surface area contributed by atoms with Crippen molar-refractivity contribution in [2.75, 3.05) is 32.8 Å². The van der Waals surface area contributed by atoms with E-state index < -0.39 is 6.10 Å². The number of rotatable bonds is 5. The zero-order valence-corrected chi connectivity index (χ0v) is 18.8. The summed E-state index contributed by atoms with van der Waals surface area (Å²) >= 11 is 0. The number of hydrogen-bond donors (Lipinski definition) is 0. The predicted octanol–water partition coefficient (Wildman–Crippen LogP) is 3.39. The maximum Gasteiger partial charge on any atom is 0.267 e. The third-order valence-electron chi connectivity index (χ3n) is 6.01. The molecule has 3 aromatic rings. The van der Waals surface area contributed by atoms with Gasteiger partial charge in [-0.1, -0.05) is 42.5 Å². The van der Waals surface area contributed by atoms with E-state index in [0.717, 1.165) is 11.3 Å². The summed E-state index contributed by atoms with van der Waals surface area (Å²) in [6.45, 7) is 2.53. The molecule has 0 bridgehead atoms. The average molecular weight is 459 g/mol. The highest BCUT2D eigenvalue weighted by Gasteiger charge is 2.33. The highest BCUT2D eigenvalue weighted by atomic mass is 16.6. The molecule has 2 aliphatic rings. The van der Waals surface area contributed by atoms with E-state index in [-0.39, 0.29) is 18.4 Å². The molecule has 5 rings (SSSR count). The van der Waals surface area contributed by atoms with Crippen molar-refractivity contribution in [3.8, 4) is 17.2 Å². The average Bonchev–Trinajstić information content (AvgIpc) is 2.92. The molecule has 0 saturated carbocycles. The van der Waals surface area contributed by atoms with Gasteiger partial charge in [-0.15, -0.1) is 0 Å². The Kier molecular flexibility index (Phi) is 6.33. The van der Waals surface area contributed by atoms with Crippen molar-refractivity contribution in [1.82, 2.24) is 9.80 Å². The van der Waals surface area contributed by atoms with Crippen LogP contribution in [-0.4, -0.2) is 60.5 Å². The van der Waals surface area contributed by atoms with Gasteiger partial charge in [0.15, 0.2) is 11.5 Å². The van der Waals surface area contributed by atoms with Crippen LogP contribution >= 0.6 is 0 Å². The van der Waals surface area contributed by atoms with Gasteiger partial charge in [0.1, 0.15) is 19.0 Å². The molecule has 0 N–H and O–H groups in total. The third kappa shape index (κ3) is 4.83. The van der Waals surface area contributed by atoms with Crippen LogP contribution < -0.4 is 14.2 Å². The van der Waals surface area contributed by atoms with Gasteiger partial charge in [0.05, 0.1) is 0 Å². The maximum atomic E-state index is 13.0. The highest BCUT2D eigenvalue weighted by molar-refractivity contribution is 5.94. The van der Waals surface area contributed by atoms with Crippen molar-refractivity contribution >= 4 is 11.8 Å². The van der Waals surface area contributed by atoms with Crippen molar-refractivity contribution in [2.45, 2.75) is 12.7 Å². The van der Waals surface area contributed by atoms with Crippen LogP contribution in [0.1, 0.15) is 15.9 Å². The smallest absolute Gasteiger partial charge is 0.267 e. The van der Waals surface area contributed by atoms with Gasteiger partial charge in [-0.3, -0.25) is 9.59 Å². The van der Waals surface area contributed by atoms with Gasteiger partial charge in [0.25, 0.3) is 11.8 Å². The monoisotopic (exact) mass is 458 g/mol. The molecule has 1 saturated heterocycles. The van der Waals surface area contributed by atoms with Crippen LogP contribution in [0.25, 0.3) is 0 Å². The summed E-state index contributed by atoms with van der Waals surface area (Å²) in [5.74, 6) is 1.90. The van der Waals surface area contributed by atoms with Gasteiger partial charge in [0, 0.05) is 31.7 Å². The fourth-order valence-electron chi connectivity index (χ4n) is 4.08. The number of piperazine rings is 1. The topological polar surface area (TPSA) is 68.3 Å². The molecule has 0 aromatic heterocycles. The second-order valence-corrected chi connectivity index (χ2v) is 8.28. The number of carbonyl (C=O) groups is 2. The summed E-state index contributed by atoms with van der Waals surface area (Å²) in [4.78, 5) is 29.4. The lowest BCUT2D eigenvalue weighted by Crippen LogP contribution is -2.55. The summed E-state index contributed by atoms with van der Waals surface area (Å²) in [7, 11) is 0. The van der Waals surface area contributed by atoms with E-state index in [2.05, 4.69) is 0 Å². The normalized spacial score (nSPS) is 17.2. The Morgan fingerprint density at radius 3 is 2.18 bits per heavy atom. The molecule has 1 atom stereocenters. The SMILES string of the molecule is O=C(c1ccc(COc2ccccc2)cc1)N1CCN(C(=O)[C@H]2COc3ccccc3O2)CC1. The van der Waals surface area contributed by atoms with Crippen LogP contribution in [0.4, 0.5) is 0 Å². The molecule has 1 fully saturated rings. The number of para-hydroxylation sites is 3. The molecule has 0 spiro atoms. The molecule has 2 aliphatic heterocycles. The first-order valence-corrected chi connectivity index (χ1v) is 11.4. The Labute approximate surface area is 198 Å². The summed E-state index contributed by atoms with van der Waals surface area (Å²) in [5.41, 5.74) is 1.62. The van der Waals surface area contributed by atoms with Crippen molar-refractivity contribution in [2.24, 2.45) is 0 Å². The first-order chi connectivity index (χ1) is 16.7. The molecule has 3 aromatic carbocycles. The summed E-state index contributed by atoms with van der Waals surface area (Å²) < 4.78 is 17.3. The lowest BCUT2D eigenvalue weighted by Gasteiger charge is -2.37. The van der Waals surface area contributed by atoms with Crippen LogP contribution in [0, 0.1) is 0 Å². The second kappa shape index (κ2) is 9.87. The molecular weight excluding hydrogens is 432 g/mol. The predicted molar refractivity (Wildman–Crippen MR) is 126 cm³/mol. The van der Waals surface area contributed by atoms with Gasteiger partial charge in [-0.25, -0.2) is 0 Å². The Morgan fingerprint density at radius 2 is 1.44 bits per heavy atom. The standard InChI is InChI=1S/C27H26N2O5/c30-26(21-12-10-20(11-13-21)18-32-22-6-2-1-3-7-22)28-14-16-29(17-15-28)27(31)25-19-33-23-8-4-5-9-24(23)34-25/h1-13,25H,14-19H2/t25-/m1/s1. The van der Waals surface area contributed by atoms with Crippen LogP contribution in [0.2, 0.25) is 0 Å². The van der Waals surface area contributed by atoms with Crippen molar-refractivity contribution in [3.63, 3.8) is 0 Å². The van der Waals surface area contributed by atoms with E-state index in [1.165, 1.54) is 0 Å². The number of benzene rings is 3. The summed E-state index contributed by atoms with van der Waals surface area (Å²) in [6.07, 6.45) is -0.664. The van der Waals surface area contributed by atoms with E-state index in [1.54, 1.807) is 15.9 Å². The fraction of sp³-hybridized carbons (Fsp3) is 0.259. The molecule has 2 heterocycles. The number of amides is 2. The zero-order chi connectivity index (χ0) is 23.3. The van der Waals surface area contributed by atoms with E-state index >= 15 is 0 Å². The molecule has 0 unspecified atom stereocenters. The van der Waals surface area contributed by atoms with Crippen LogP contribution in [0.3, 0.4) is 0 Å². The maximum absolute atomic E-state index is 13.0. The Hall–Kier alpha value is -4.00. The van der Waals surface area contributed by atoms with Crippen LogP contribution in [-0.2, 0) is 11.4 Å². The minimum Gasteiger partial charge on any atom is -0.489 e. The van der Waals surface area contributed by atoms with Crippen LogP contribution in [0.5, 0.6) is 17.2 Å². The summed E-state index contributed by atoms with van der Waals surface area (Å²) in [5, 5.41) is 0. The summed E-state index contributed by atoms with van der Waals surface area (Å²) in [6, 6.07) is 24.4. The Balaban J connectivity index is 1.12. The molecule has 7 heteroatoms. The molecule has 34 heavy (non-hydrogen) atoms. The van der Waals surface area contributed by atoms with Gasteiger partial charge in [-0.05, 0) is 42.0 Å². The number of carbonyl (C=O) groups excluding carboxylic acids is 2. The minimum atomic E-state index is -0.664. The number of fused-ring (bicyclic) bond motifs is 1. The Bertz CT molecular complexity index is 1140. The van der Waals surface area contributed by atoms with Crippen molar-refractivity contribution in [1.29, 1.82) is 0 Å². The zero-order valence-electron chi connectivity index (χ0n) is 18.8. The van der Waals surface area contributed by atoms with Crippen LogP contribution in [0.15, 0.2) is 78.9 Å². The quantitative estimate of drug-likeness (QED) is 0.586. The lowest BCUT2D eigenvalue weighted by molar-refractivity contribution is -0.142. The van der Waals surface area contributed by atoms with Crippen molar-refractivity contribution < 1.29 is 23.8 Å². The Morgan fingerprint density at radius 1 is 0.794 bits per heavy atom. The second-order valence-electron chi connectivity index (χ2n) is 8.28.